The molecule has 0 atom stereocenters. The Bertz CT molecular complexity index is 635. The van der Waals surface area contributed by atoms with E-state index in [1.807, 2.05) is 13.0 Å². The van der Waals surface area contributed by atoms with Crippen LogP contribution in [0.1, 0.15) is 30.9 Å². The standard InChI is InChI=1S/C18H26F3N3O2.HI/c1-3-22-16(24-10-17(11-25)6-7-17)23-9-14-5-4-13(2)8-15(14)26-12-18(19,20)21;/h4-5,8,25H,3,6-7,9-12H2,1-2H3,(H2,22,23,24);1H. The number of aliphatic hydroxyl groups excluding tert-OH is 1. The van der Waals surface area contributed by atoms with Crippen molar-refractivity contribution in [1.29, 1.82) is 0 Å². The van der Waals surface area contributed by atoms with Crippen LogP contribution in [0.25, 0.3) is 0 Å². The van der Waals surface area contributed by atoms with Crippen LogP contribution >= 0.6 is 24.0 Å². The fraction of sp³-hybridized carbons (Fsp3) is 0.611. The molecule has 154 valence electrons. The number of alkyl halides is 3. The summed E-state index contributed by atoms with van der Waals surface area (Å²) in [5.41, 5.74) is 1.33. The number of nitrogens with one attached hydrogen (secondary N) is 2. The predicted molar refractivity (Wildman–Crippen MR) is 110 cm³/mol. The minimum atomic E-state index is -4.39. The van der Waals surface area contributed by atoms with Gasteiger partial charge in [0.25, 0.3) is 0 Å². The Morgan fingerprint density at radius 3 is 2.56 bits per heavy atom. The van der Waals surface area contributed by atoms with Gasteiger partial charge in [-0.25, -0.2) is 4.99 Å². The lowest BCUT2D eigenvalue weighted by Gasteiger charge is -2.17. The molecule has 0 spiro atoms. The predicted octanol–water partition coefficient (Wildman–Crippen LogP) is 3.38. The van der Waals surface area contributed by atoms with Gasteiger partial charge >= 0.3 is 6.18 Å². The fourth-order valence-electron chi connectivity index (χ4n) is 2.43. The number of benzene rings is 1. The van der Waals surface area contributed by atoms with Crippen LogP contribution in [0, 0.1) is 12.3 Å². The Morgan fingerprint density at radius 1 is 1.30 bits per heavy atom. The van der Waals surface area contributed by atoms with E-state index in [9.17, 15) is 18.3 Å². The van der Waals surface area contributed by atoms with Crippen molar-refractivity contribution >= 4 is 29.9 Å². The molecule has 1 aliphatic carbocycles. The molecule has 0 heterocycles. The van der Waals surface area contributed by atoms with Crippen molar-refractivity contribution in [2.45, 2.75) is 39.4 Å². The number of nitrogens with zero attached hydrogens (tertiary/aromatic N) is 1. The highest BCUT2D eigenvalue weighted by molar-refractivity contribution is 14.0. The second-order valence-corrected chi connectivity index (χ2v) is 6.72. The first kappa shape index (κ1) is 23.8. The lowest BCUT2D eigenvalue weighted by Crippen LogP contribution is -2.41. The summed E-state index contributed by atoms with van der Waals surface area (Å²) in [7, 11) is 0. The third-order valence-corrected chi connectivity index (χ3v) is 4.29. The topological polar surface area (TPSA) is 65.9 Å². The largest absolute Gasteiger partial charge is 0.484 e. The van der Waals surface area contributed by atoms with Gasteiger partial charge < -0.3 is 20.5 Å². The molecule has 0 unspecified atom stereocenters. The van der Waals surface area contributed by atoms with Crippen molar-refractivity contribution in [3.63, 3.8) is 0 Å². The lowest BCUT2D eigenvalue weighted by molar-refractivity contribution is -0.153. The van der Waals surface area contributed by atoms with Crippen LogP contribution in [0.5, 0.6) is 5.75 Å². The van der Waals surface area contributed by atoms with Gasteiger partial charge in [-0.2, -0.15) is 13.2 Å². The quantitative estimate of drug-likeness (QED) is 0.291. The average Bonchev–Trinajstić information content (AvgIpc) is 3.36. The molecule has 3 N–H and O–H groups in total. The fourth-order valence-corrected chi connectivity index (χ4v) is 2.43. The van der Waals surface area contributed by atoms with E-state index in [1.54, 1.807) is 19.1 Å². The minimum absolute atomic E-state index is 0. The molecule has 0 amide bonds. The Labute approximate surface area is 174 Å². The highest BCUT2D eigenvalue weighted by atomic mass is 127. The number of aliphatic hydroxyl groups is 1. The molecule has 0 aromatic heterocycles. The van der Waals surface area contributed by atoms with E-state index in [-0.39, 0.29) is 48.3 Å². The van der Waals surface area contributed by atoms with Crippen LogP contribution in [0.2, 0.25) is 0 Å². The second-order valence-electron chi connectivity index (χ2n) is 6.72. The monoisotopic (exact) mass is 501 g/mol. The van der Waals surface area contributed by atoms with Gasteiger partial charge in [-0.15, -0.1) is 24.0 Å². The minimum Gasteiger partial charge on any atom is -0.484 e. The second kappa shape index (κ2) is 10.4. The van der Waals surface area contributed by atoms with Crippen molar-refractivity contribution in [2.24, 2.45) is 10.4 Å². The zero-order valence-corrected chi connectivity index (χ0v) is 17.9. The van der Waals surface area contributed by atoms with Gasteiger partial charge in [-0.05, 0) is 38.3 Å². The third kappa shape index (κ3) is 8.12. The van der Waals surface area contributed by atoms with E-state index >= 15 is 0 Å². The highest BCUT2D eigenvalue weighted by Gasteiger charge is 2.41. The first-order valence-corrected chi connectivity index (χ1v) is 8.69. The normalized spacial score (nSPS) is 15.7. The number of hydrogen-bond donors (Lipinski definition) is 3. The van der Waals surface area contributed by atoms with Crippen LogP contribution in [-0.4, -0.2) is 43.5 Å². The Morgan fingerprint density at radius 2 is 2.00 bits per heavy atom. The van der Waals surface area contributed by atoms with E-state index in [4.69, 9.17) is 4.74 Å². The van der Waals surface area contributed by atoms with Gasteiger partial charge in [0.05, 0.1) is 13.2 Å². The van der Waals surface area contributed by atoms with E-state index in [0.717, 1.165) is 18.4 Å². The summed E-state index contributed by atoms with van der Waals surface area (Å²) in [4.78, 5) is 4.44. The molecule has 1 aromatic rings. The van der Waals surface area contributed by atoms with Crippen molar-refractivity contribution in [3.05, 3.63) is 29.3 Å². The first-order valence-electron chi connectivity index (χ1n) is 8.69. The zero-order valence-electron chi connectivity index (χ0n) is 15.5. The maximum Gasteiger partial charge on any atom is 0.422 e. The molecule has 0 radical (unpaired) electrons. The maximum absolute atomic E-state index is 12.4. The Kier molecular flexibility index (Phi) is 9.13. The molecule has 0 bridgehead atoms. The molecule has 0 saturated heterocycles. The van der Waals surface area contributed by atoms with E-state index in [0.29, 0.717) is 24.6 Å². The van der Waals surface area contributed by atoms with Gasteiger partial charge in [-0.1, -0.05) is 12.1 Å². The lowest BCUT2D eigenvalue weighted by atomic mass is 10.1. The summed E-state index contributed by atoms with van der Waals surface area (Å²) >= 11 is 0. The average molecular weight is 501 g/mol. The summed E-state index contributed by atoms with van der Waals surface area (Å²) in [5.74, 6) is 0.755. The molecule has 2 rings (SSSR count). The molecule has 9 heteroatoms. The van der Waals surface area contributed by atoms with Crippen LogP contribution in [-0.2, 0) is 6.54 Å². The molecule has 0 aliphatic heterocycles. The van der Waals surface area contributed by atoms with E-state index in [2.05, 4.69) is 15.6 Å². The van der Waals surface area contributed by atoms with Crippen LogP contribution in [0.4, 0.5) is 13.2 Å². The van der Waals surface area contributed by atoms with Crippen LogP contribution in [0.15, 0.2) is 23.2 Å². The smallest absolute Gasteiger partial charge is 0.422 e. The third-order valence-electron chi connectivity index (χ3n) is 4.29. The Hall–Kier alpha value is -1.23. The van der Waals surface area contributed by atoms with Crippen LogP contribution in [0.3, 0.4) is 0 Å². The number of hydrogen-bond acceptors (Lipinski definition) is 3. The molecular formula is C18H27F3IN3O2. The molecule has 5 nitrogen and oxygen atoms in total. The molecule has 1 fully saturated rings. The number of halogens is 4. The van der Waals surface area contributed by atoms with Gasteiger partial charge in [-0.3, -0.25) is 0 Å². The van der Waals surface area contributed by atoms with E-state index < -0.39 is 12.8 Å². The van der Waals surface area contributed by atoms with Gasteiger partial charge in [0.1, 0.15) is 5.75 Å². The summed E-state index contributed by atoms with van der Waals surface area (Å²) in [6, 6.07) is 5.13. The van der Waals surface area contributed by atoms with Crippen molar-refractivity contribution < 1.29 is 23.0 Å². The Balaban J connectivity index is 0.00000364. The number of aliphatic imine (C=N–C) groups is 1. The van der Waals surface area contributed by atoms with Crippen molar-refractivity contribution in [2.75, 3.05) is 26.3 Å². The first-order chi connectivity index (χ1) is 12.3. The van der Waals surface area contributed by atoms with Gasteiger partial charge in [0, 0.05) is 24.1 Å². The molecule has 1 aliphatic rings. The zero-order chi connectivity index (χ0) is 19.2. The summed E-state index contributed by atoms with van der Waals surface area (Å²) in [6.07, 6.45) is -2.43. The van der Waals surface area contributed by atoms with Crippen molar-refractivity contribution in [1.82, 2.24) is 10.6 Å². The molecule has 1 aromatic carbocycles. The number of rotatable bonds is 8. The number of guanidine groups is 1. The van der Waals surface area contributed by atoms with Crippen molar-refractivity contribution in [3.8, 4) is 5.75 Å². The van der Waals surface area contributed by atoms with Gasteiger partial charge in [0.2, 0.25) is 0 Å². The molecular weight excluding hydrogens is 474 g/mol. The molecule has 1 saturated carbocycles. The summed E-state index contributed by atoms with van der Waals surface area (Å²) in [5, 5.41) is 15.7. The number of ether oxygens (including phenoxy) is 1. The van der Waals surface area contributed by atoms with Crippen LogP contribution < -0.4 is 15.4 Å². The molecule has 27 heavy (non-hydrogen) atoms. The van der Waals surface area contributed by atoms with E-state index in [1.165, 1.54) is 0 Å². The number of aryl methyl sites for hydroxylation is 1. The summed E-state index contributed by atoms with van der Waals surface area (Å²) < 4.78 is 42.3. The van der Waals surface area contributed by atoms with Gasteiger partial charge in [0.15, 0.2) is 12.6 Å². The SMILES string of the molecule is CCNC(=NCc1ccc(C)cc1OCC(F)(F)F)NCC1(CO)CC1.I. The summed E-state index contributed by atoms with van der Waals surface area (Å²) in [6.45, 7) is 3.99. The highest BCUT2D eigenvalue weighted by Crippen LogP contribution is 2.44. The maximum atomic E-state index is 12.4.